The molecule has 5 nitrogen and oxygen atoms in total. The highest BCUT2D eigenvalue weighted by Gasteiger charge is 2.50. The Balaban J connectivity index is 1.19. The maximum Gasteiger partial charge on any atom is 0.228 e. The predicted octanol–water partition coefficient (Wildman–Crippen LogP) is 2.56. The molecule has 1 aromatic rings. The number of nitrogens with zero attached hydrogens (tertiary/aromatic N) is 1. The Labute approximate surface area is 167 Å². The highest BCUT2D eigenvalue weighted by atomic mass is 19.1. The molecular formula is C22H32FN3O2. The number of halogens is 1. The molecule has 3 aliphatic rings. The number of nitrogens with one attached hydrogen (secondary N) is 2. The van der Waals surface area contributed by atoms with Gasteiger partial charge in [0, 0.05) is 32.2 Å². The first kappa shape index (κ1) is 19.6. The van der Waals surface area contributed by atoms with Crippen molar-refractivity contribution in [2.75, 3.05) is 39.3 Å². The van der Waals surface area contributed by atoms with Crippen LogP contribution in [0.5, 0.6) is 5.75 Å². The molecule has 154 valence electrons. The summed E-state index contributed by atoms with van der Waals surface area (Å²) in [6, 6.07) is 6.44. The number of amides is 1. The number of piperidine rings is 1. The minimum Gasteiger partial charge on any atom is -0.492 e. The third-order valence-corrected chi connectivity index (χ3v) is 6.90. The molecule has 28 heavy (non-hydrogen) atoms. The minimum atomic E-state index is -0.246. The largest absolute Gasteiger partial charge is 0.492 e. The van der Waals surface area contributed by atoms with E-state index >= 15 is 0 Å². The molecule has 2 N–H and O–H groups in total. The van der Waals surface area contributed by atoms with Gasteiger partial charge in [0.05, 0.1) is 5.41 Å². The fourth-order valence-corrected chi connectivity index (χ4v) is 5.14. The molecule has 2 aliphatic heterocycles. The van der Waals surface area contributed by atoms with Crippen molar-refractivity contribution in [1.82, 2.24) is 15.5 Å². The lowest BCUT2D eigenvalue weighted by atomic mass is 9.67. The Morgan fingerprint density at radius 1 is 1.21 bits per heavy atom. The molecule has 2 heterocycles. The third-order valence-electron chi connectivity index (χ3n) is 6.90. The van der Waals surface area contributed by atoms with Crippen LogP contribution < -0.4 is 15.4 Å². The Morgan fingerprint density at radius 2 is 2.00 bits per heavy atom. The highest BCUT2D eigenvalue weighted by Crippen LogP contribution is 2.44. The average Bonchev–Trinajstić information content (AvgIpc) is 3.16. The summed E-state index contributed by atoms with van der Waals surface area (Å²) in [7, 11) is 0. The normalized spacial score (nSPS) is 28.7. The smallest absolute Gasteiger partial charge is 0.228 e. The van der Waals surface area contributed by atoms with E-state index in [0.29, 0.717) is 30.2 Å². The molecule has 0 unspecified atom stereocenters. The maximum absolute atomic E-state index is 13.1. The van der Waals surface area contributed by atoms with E-state index in [4.69, 9.17) is 4.74 Å². The molecule has 1 amide bonds. The number of likely N-dealkylation sites (tertiary alicyclic amines) is 1. The first-order valence-corrected chi connectivity index (χ1v) is 10.8. The van der Waals surface area contributed by atoms with Crippen LogP contribution in [0.4, 0.5) is 4.39 Å². The molecule has 6 heteroatoms. The summed E-state index contributed by atoms with van der Waals surface area (Å²) in [5, 5.41) is 6.85. The van der Waals surface area contributed by atoms with Gasteiger partial charge in [-0.1, -0.05) is 12.8 Å². The van der Waals surface area contributed by atoms with Gasteiger partial charge < -0.3 is 15.4 Å². The second-order valence-corrected chi connectivity index (χ2v) is 8.62. The van der Waals surface area contributed by atoms with Gasteiger partial charge in [-0.2, -0.15) is 0 Å². The van der Waals surface area contributed by atoms with Gasteiger partial charge in [-0.05, 0) is 62.4 Å². The molecule has 4 rings (SSSR count). The second kappa shape index (κ2) is 8.78. The van der Waals surface area contributed by atoms with Crippen LogP contribution in [0.1, 0.15) is 38.5 Å². The summed E-state index contributed by atoms with van der Waals surface area (Å²) in [6.07, 6.45) is 6.66. The Bertz CT molecular complexity index is 660. The molecule has 0 radical (unpaired) electrons. The number of hydrogen-bond acceptors (Lipinski definition) is 4. The van der Waals surface area contributed by atoms with Crippen LogP contribution >= 0.6 is 0 Å². The fourth-order valence-electron chi connectivity index (χ4n) is 5.14. The zero-order valence-corrected chi connectivity index (χ0v) is 16.6. The number of fused-ring (bicyclic) bond motifs is 1. The molecule has 2 atom stereocenters. The molecule has 1 aromatic carbocycles. The fraction of sp³-hybridized carbons (Fsp3) is 0.682. The van der Waals surface area contributed by atoms with E-state index < -0.39 is 0 Å². The zero-order chi connectivity index (χ0) is 19.4. The van der Waals surface area contributed by atoms with E-state index in [1.54, 1.807) is 12.1 Å². The summed E-state index contributed by atoms with van der Waals surface area (Å²) < 4.78 is 18.6. The molecule has 0 bridgehead atoms. The lowest BCUT2D eigenvalue weighted by Crippen LogP contribution is -2.53. The summed E-state index contributed by atoms with van der Waals surface area (Å²) >= 11 is 0. The second-order valence-electron chi connectivity index (χ2n) is 8.62. The van der Waals surface area contributed by atoms with Gasteiger partial charge in [-0.3, -0.25) is 9.69 Å². The predicted molar refractivity (Wildman–Crippen MR) is 107 cm³/mol. The van der Waals surface area contributed by atoms with Crippen molar-refractivity contribution >= 4 is 5.91 Å². The average molecular weight is 390 g/mol. The zero-order valence-electron chi connectivity index (χ0n) is 16.6. The lowest BCUT2D eigenvalue weighted by molar-refractivity contribution is -0.135. The monoisotopic (exact) mass is 389 g/mol. The van der Waals surface area contributed by atoms with Crippen LogP contribution in [0, 0.1) is 17.2 Å². The third kappa shape index (κ3) is 4.33. The van der Waals surface area contributed by atoms with Crippen molar-refractivity contribution in [1.29, 1.82) is 0 Å². The molecular weight excluding hydrogens is 357 g/mol. The van der Waals surface area contributed by atoms with Gasteiger partial charge in [-0.15, -0.1) is 0 Å². The number of carbonyl (C=O) groups excluding carboxylic acids is 1. The topological polar surface area (TPSA) is 53.6 Å². The van der Waals surface area contributed by atoms with E-state index in [9.17, 15) is 9.18 Å². The quantitative estimate of drug-likeness (QED) is 0.785. The van der Waals surface area contributed by atoms with Crippen molar-refractivity contribution in [3.63, 3.8) is 0 Å². The van der Waals surface area contributed by atoms with E-state index in [1.807, 2.05) is 0 Å². The first-order valence-electron chi connectivity index (χ1n) is 10.8. The molecule has 0 aromatic heterocycles. The summed E-state index contributed by atoms with van der Waals surface area (Å²) in [6.45, 7) is 5.26. The number of carbonyl (C=O) groups is 1. The van der Waals surface area contributed by atoms with Gasteiger partial charge in [0.25, 0.3) is 0 Å². The summed E-state index contributed by atoms with van der Waals surface area (Å²) in [5.41, 5.74) is -0.154. The van der Waals surface area contributed by atoms with Crippen LogP contribution in [0.15, 0.2) is 24.3 Å². The minimum absolute atomic E-state index is 0.154. The summed E-state index contributed by atoms with van der Waals surface area (Å²) in [4.78, 5) is 15.5. The number of hydrogen-bond donors (Lipinski definition) is 2. The maximum atomic E-state index is 13.1. The van der Waals surface area contributed by atoms with Crippen LogP contribution in [-0.2, 0) is 4.79 Å². The Kier molecular flexibility index (Phi) is 6.16. The number of rotatable bonds is 6. The molecule has 1 aliphatic carbocycles. The number of benzene rings is 1. The van der Waals surface area contributed by atoms with Gasteiger partial charge in [0.2, 0.25) is 5.91 Å². The molecule has 3 fully saturated rings. The standard InChI is InChI=1S/C22H32FN3O2/c23-18-4-6-20(7-5-18)28-14-13-26-11-8-19(9-12-26)25-21(27)22-10-2-1-3-17(22)15-24-16-22/h4-7,17,19,24H,1-3,8-16H2,(H,25,27)/t17-,22+/m0/s1. The van der Waals surface area contributed by atoms with E-state index in [-0.39, 0.29) is 11.2 Å². The molecule has 1 saturated carbocycles. The van der Waals surface area contributed by atoms with Crippen LogP contribution in [0.3, 0.4) is 0 Å². The highest BCUT2D eigenvalue weighted by molar-refractivity contribution is 5.84. The van der Waals surface area contributed by atoms with Crippen LogP contribution in [0.25, 0.3) is 0 Å². The van der Waals surface area contributed by atoms with Crippen molar-refractivity contribution < 1.29 is 13.9 Å². The van der Waals surface area contributed by atoms with Crippen LogP contribution in [0.2, 0.25) is 0 Å². The van der Waals surface area contributed by atoms with Crippen molar-refractivity contribution in [2.45, 2.75) is 44.6 Å². The van der Waals surface area contributed by atoms with Crippen molar-refractivity contribution in [3.05, 3.63) is 30.1 Å². The number of ether oxygens (including phenoxy) is 1. The van der Waals surface area contributed by atoms with Crippen molar-refractivity contribution in [3.8, 4) is 5.75 Å². The van der Waals surface area contributed by atoms with Gasteiger partial charge >= 0.3 is 0 Å². The lowest BCUT2D eigenvalue weighted by Gasteiger charge is -2.39. The SMILES string of the molecule is O=C(NC1CCN(CCOc2ccc(F)cc2)CC1)[C@@]12CCCC[C@H]1CNC2. The van der Waals surface area contributed by atoms with E-state index in [1.165, 1.54) is 31.4 Å². The van der Waals surface area contributed by atoms with Gasteiger partial charge in [-0.25, -0.2) is 4.39 Å². The van der Waals surface area contributed by atoms with E-state index in [0.717, 1.165) is 52.0 Å². The summed E-state index contributed by atoms with van der Waals surface area (Å²) in [5.74, 6) is 1.27. The van der Waals surface area contributed by atoms with Crippen molar-refractivity contribution in [2.24, 2.45) is 11.3 Å². The van der Waals surface area contributed by atoms with Gasteiger partial charge in [0.15, 0.2) is 0 Å². The molecule has 0 spiro atoms. The van der Waals surface area contributed by atoms with E-state index in [2.05, 4.69) is 15.5 Å². The van der Waals surface area contributed by atoms with Crippen LogP contribution in [-0.4, -0.2) is 56.2 Å². The Morgan fingerprint density at radius 3 is 2.79 bits per heavy atom. The first-order chi connectivity index (χ1) is 13.7. The Hall–Kier alpha value is -1.66. The van der Waals surface area contributed by atoms with Gasteiger partial charge in [0.1, 0.15) is 18.2 Å². The molecule has 2 saturated heterocycles.